The number of hydrogen-bond donors (Lipinski definition) is 2. The van der Waals surface area contributed by atoms with E-state index < -0.39 is 12.5 Å². The van der Waals surface area contributed by atoms with E-state index in [2.05, 4.69) is 15.2 Å². The summed E-state index contributed by atoms with van der Waals surface area (Å²) < 4.78 is 43.1. The van der Waals surface area contributed by atoms with Gasteiger partial charge in [-0.25, -0.2) is 9.59 Å². The van der Waals surface area contributed by atoms with Gasteiger partial charge in [-0.1, -0.05) is 12.1 Å². The molecule has 1 aromatic heterocycles. The van der Waals surface area contributed by atoms with Crippen molar-refractivity contribution in [1.82, 2.24) is 24.9 Å². The van der Waals surface area contributed by atoms with Crippen molar-refractivity contribution in [3.05, 3.63) is 48.3 Å². The standard InChI is InChI=1S/C21H24F3N5O4/c22-21(23,24)33-18-4-1-3-14(9-18)15-5-8-27(11-15)19(30)26-16-10-17(29(12-16)20(31)32)13-28-7-2-6-25-28/h1-4,6-7,9,15-17H,5,8,10-13H2,(H,26,30)(H,31,32). The number of amides is 3. The van der Waals surface area contributed by atoms with Crippen LogP contribution in [-0.2, 0) is 6.54 Å². The van der Waals surface area contributed by atoms with E-state index in [1.807, 2.05) is 0 Å². The average Bonchev–Trinajstić information content (AvgIpc) is 3.48. The van der Waals surface area contributed by atoms with E-state index in [0.717, 1.165) is 0 Å². The molecule has 3 heterocycles. The number of nitrogens with one attached hydrogen (secondary N) is 1. The van der Waals surface area contributed by atoms with Crippen LogP contribution in [-0.4, -0.2) is 74.9 Å². The third kappa shape index (κ3) is 5.68. The molecule has 4 rings (SSSR count). The summed E-state index contributed by atoms with van der Waals surface area (Å²) in [7, 11) is 0. The molecule has 0 saturated carbocycles. The van der Waals surface area contributed by atoms with Gasteiger partial charge in [0.1, 0.15) is 5.75 Å². The molecule has 3 atom stereocenters. The lowest BCUT2D eigenvalue weighted by Gasteiger charge is -2.21. The van der Waals surface area contributed by atoms with Gasteiger partial charge in [0.05, 0.1) is 18.6 Å². The van der Waals surface area contributed by atoms with Gasteiger partial charge in [-0.05, 0) is 36.6 Å². The van der Waals surface area contributed by atoms with Crippen molar-refractivity contribution < 1.29 is 32.6 Å². The van der Waals surface area contributed by atoms with E-state index in [9.17, 15) is 27.9 Å². The van der Waals surface area contributed by atoms with E-state index in [-0.39, 0.29) is 36.3 Å². The molecule has 3 amide bonds. The smallest absolute Gasteiger partial charge is 0.465 e. The Bertz CT molecular complexity index is 985. The fraction of sp³-hybridized carbons (Fsp3) is 0.476. The van der Waals surface area contributed by atoms with E-state index in [1.165, 1.54) is 23.1 Å². The van der Waals surface area contributed by atoms with Crippen LogP contribution in [0.4, 0.5) is 22.8 Å². The SMILES string of the molecule is O=C(NC1CC(Cn2cccn2)N(C(=O)O)C1)N1CCC(c2cccc(OC(F)(F)F)c2)C1. The number of urea groups is 1. The predicted octanol–water partition coefficient (Wildman–Crippen LogP) is 3.10. The topological polar surface area (TPSA) is 99.9 Å². The van der Waals surface area contributed by atoms with Crippen LogP contribution in [0.2, 0.25) is 0 Å². The summed E-state index contributed by atoms with van der Waals surface area (Å²) in [5.41, 5.74) is 0.671. The molecule has 1 aromatic carbocycles. The normalized spacial score (nSPS) is 23.1. The second-order valence-corrected chi connectivity index (χ2v) is 8.25. The first-order valence-electron chi connectivity index (χ1n) is 10.6. The van der Waals surface area contributed by atoms with E-state index in [1.54, 1.807) is 34.1 Å². The lowest BCUT2D eigenvalue weighted by molar-refractivity contribution is -0.274. The maximum atomic E-state index is 12.8. The largest absolute Gasteiger partial charge is 0.573 e. The zero-order chi connectivity index (χ0) is 23.6. The first-order chi connectivity index (χ1) is 15.7. The van der Waals surface area contributed by atoms with E-state index in [0.29, 0.717) is 38.0 Å². The summed E-state index contributed by atoms with van der Waals surface area (Å²) in [5.74, 6) is -0.398. The second kappa shape index (κ2) is 9.20. The highest BCUT2D eigenvalue weighted by molar-refractivity contribution is 5.75. The number of nitrogens with zero attached hydrogens (tertiary/aromatic N) is 4. The highest BCUT2D eigenvalue weighted by Gasteiger charge is 2.38. The molecule has 0 spiro atoms. The Kier molecular flexibility index (Phi) is 6.34. The molecule has 12 heteroatoms. The van der Waals surface area contributed by atoms with Crippen LogP contribution in [0.1, 0.15) is 24.3 Å². The van der Waals surface area contributed by atoms with Gasteiger partial charge in [0.15, 0.2) is 0 Å². The van der Waals surface area contributed by atoms with Gasteiger partial charge in [-0.3, -0.25) is 4.68 Å². The molecule has 2 N–H and O–H groups in total. The molecule has 3 unspecified atom stereocenters. The third-order valence-electron chi connectivity index (χ3n) is 5.98. The number of halogens is 3. The molecule has 0 bridgehead atoms. The van der Waals surface area contributed by atoms with Crippen LogP contribution >= 0.6 is 0 Å². The van der Waals surface area contributed by atoms with Gasteiger partial charge in [0.2, 0.25) is 0 Å². The molecule has 2 aromatic rings. The molecule has 9 nitrogen and oxygen atoms in total. The van der Waals surface area contributed by atoms with Crippen molar-refractivity contribution in [3.63, 3.8) is 0 Å². The van der Waals surface area contributed by atoms with Crippen molar-refractivity contribution in [2.75, 3.05) is 19.6 Å². The molecule has 2 saturated heterocycles. The summed E-state index contributed by atoms with van der Waals surface area (Å²) in [5, 5.41) is 16.5. The zero-order valence-electron chi connectivity index (χ0n) is 17.6. The highest BCUT2D eigenvalue weighted by atomic mass is 19.4. The summed E-state index contributed by atoms with van der Waals surface area (Å²) in [6, 6.07) is 6.61. The van der Waals surface area contributed by atoms with Gasteiger partial charge in [0.25, 0.3) is 0 Å². The molecule has 2 aliphatic heterocycles. The van der Waals surface area contributed by atoms with Crippen LogP contribution < -0.4 is 10.1 Å². The van der Waals surface area contributed by atoms with Crippen molar-refractivity contribution in [2.45, 2.75) is 43.8 Å². The van der Waals surface area contributed by atoms with Gasteiger partial charge in [-0.15, -0.1) is 13.2 Å². The highest BCUT2D eigenvalue weighted by Crippen LogP contribution is 2.31. The van der Waals surface area contributed by atoms with Crippen LogP contribution in [0, 0.1) is 0 Å². The Morgan fingerprint density at radius 1 is 1.24 bits per heavy atom. The molecule has 33 heavy (non-hydrogen) atoms. The van der Waals surface area contributed by atoms with Crippen molar-refractivity contribution in [1.29, 1.82) is 0 Å². The fourth-order valence-electron chi connectivity index (χ4n) is 4.50. The molecular weight excluding hydrogens is 443 g/mol. The minimum atomic E-state index is -4.76. The lowest BCUT2D eigenvalue weighted by atomic mass is 9.98. The van der Waals surface area contributed by atoms with Crippen LogP contribution in [0.25, 0.3) is 0 Å². The number of rotatable bonds is 5. The predicted molar refractivity (Wildman–Crippen MR) is 110 cm³/mol. The minimum Gasteiger partial charge on any atom is -0.465 e. The summed E-state index contributed by atoms with van der Waals surface area (Å²) in [6.45, 7) is 1.38. The number of likely N-dealkylation sites (tertiary alicyclic amines) is 2. The van der Waals surface area contributed by atoms with Crippen molar-refractivity contribution in [2.24, 2.45) is 0 Å². The monoisotopic (exact) mass is 467 g/mol. The second-order valence-electron chi connectivity index (χ2n) is 8.25. The molecule has 178 valence electrons. The van der Waals surface area contributed by atoms with Crippen molar-refractivity contribution in [3.8, 4) is 5.75 Å². The quantitative estimate of drug-likeness (QED) is 0.704. The van der Waals surface area contributed by atoms with Crippen molar-refractivity contribution >= 4 is 12.1 Å². The number of aromatic nitrogens is 2. The fourth-order valence-corrected chi connectivity index (χ4v) is 4.50. The molecule has 0 radical (unpaired) electrons. The molecule has 2 aliphatic rings. The number of carbonyl (C=O) groups is 2. The molecule has 0 aliphatic carbocycles. The first kappa shape index (κ1) is 22.7. The maximum Gasteiger partial charge on any atom is 0.573 e. The van der Waals surface area contributed by atoms with Gasteiger partial charge in [-0.2, -0.15) is 5.10 Å². The third-order valence-corrected chi connectivity index (χ3v) is 5.98. The Hall–Kier alpha value is -3.44. The molecule has 2 fully saturated rings. The van der Waals surface area contributed by atoms with Gasteiger partial charge in [0, 0.05) is 37.9 Å². The molecular formula is C21H24F3N5O4. The number of hydrogen-bond acceptors (Lipinski definition) is 4. The zero-order valence-corrected chi connectivity index (χ0v) is 17.6. The first-order valence-corrected chi connectivity index (χ1v) is 10.6. The Balaban J connectivity index is 1.33. The Morgan fingerprint density at radius 2 is 2.06 bits per heavy atom. The van der Waals surface area contributed by atoms with Gasteiger partial charge >= 0.3 is 18.5 Å². The Labute approximate surface area is 187 Å². The average molecular weight is 467 g/mol. The summed E-state index contributed by atoms with van der Waals surface area (Å²) in [4.78, 5) is 27.3. The summed E-state index contributed by atoms with van der Waals surface area (Å²) in [6.07, 6.45) is -1.37. The number of carbonyl (C=O) groups excluding carboxylic acids is 1. The maximum absolute atomic E-state index is 12.8. The van der Waals surface area contributed by atoms with Crippen LogP contribution in [0.15, 0.2) is 42.7 Å². The van der Waals surface area contributed by atoms with E-state index in [4.69, 9.17) is 0 Å². The number of alkyl halides is 3. The van der Waals surface area contributed by atoms with Gasteiger partial charge < -0.3 is 25.0 Å². The Morgan fingerprint density at radius 3 is 2.76 bits per heavy atom. The number of benzene rings is 1. The summed E-state index contributed by atoms with van der Waals surface area (Å²) >= 11 is 0. The number of carboxylic acid groups (broad SMARTS) is 1. The van der Waals surface area contributed by atoms with E-state index >= 15 is 0 Å². The lowest BCUT2D eigenvalue weighted by Crippen LogP contribution is -2.45. The number of ether oxygens (including phenoxy) is 1. The van der Waals surface area contributed by atoms with Crippen LogP contribution in [0.3, 0.4) is 0 Å². The minimum absolute atomic E-state index is 0.112. The van der Waals surface area contributed by atoms with Crippen LogP contribution in [0.5, 0.6) is 5.75 Å².